The lowest BCUT2D eigenvalue weighted by atomic mass is 10.1. The molecule has 2 fully saturated rings. The SMILES string of the molecule is CC1CN(C2CC2(C)C)CCCN1. The highest BCUT2D eigenvalue weighted by Crippen LogP contribution is 2.48. The van der Waals surface area contributed by atoms with Gasteiger partial charge in [0.25, 0.3) is 0 Å². The van der Waals surface area contributed by atoms with E-state index in [1.165, 1.54) is 32.5 Å². The normalized spacial score (nSPS) is 39.9. The van der Waals surface area contributed by atoms with E-state index < -0.39 is 0 Å². The van der Waals surface area contributed by atoms with Gasteiger partial charge in [-0.3, -0.25) is 4.90 Å². The summed E-state index contributed by atoms with van der Waals surface area (Å²) in [7, 11) is 0. The minimum Gasteiger partial charge on any atom is -0.313 e. The Labute approximate surface area is 81.7 Å². The van der Waals surface area contributed by atoms with Gasteiger partial charge in [0, 0.05) is 18.6 Å². The summed E-state index contributed by atoms with van der Waals surface area (Å²) in [6.07, 6.45) is 2.72. The third-order valence-electron chi connectivity index (χ3n) is 3.53. The van der Waals surface area contributed by atoms with Gasteiger partial charge in [0.15, 0.2) is 0 Å². The lowest BCUT2D eigenvalue weighted by molar-refractivity contribution is 0.235. The standard InChI is InChI=1S/C11H22N2/c1-9-8-13(6-4-5-12-9)10-7-11(10,2)3/h9-10,12H,4-8H2,1-3H3. The first-order chi connectivity index (χ1) is 6.09. The Morgan fingerprint density at radius 2 is 2.08 bits per heavy atom. The zero-order chi connectivity index (χ0) is 9.47. The molecule has 76 valence electrons. The van der Waals surface area contributed by atoms with Crippen molar-refractivity contribution in [3.63, 3.8) is 0 Å². The molecule has 0 radical (unpaired) electrons. The third kappa shape index (κ3) is 2.05. The highest BCUT2D eigenvalue weighted by Gasteiger charge is 2.49. The molecule has 2 unspecified atom stereocenters. The molecular formula is C11H22N2. The van der Waals surface area contributed by atoms with Crippen molar-refractivity contribution in [2.75, 3.05) is 19.6 Å². The molecule has 1 aliphatic carbocycles. The fourth-order valence-electron chi connectivity index (χ4n) is 2.48. The van der Waals surface area contributed by atoms with E-state index in [0.29, 0.717) is 11.5 Å². The fourth-order valence-corrected chi connectivity index (χ4v) is 2.48. The zero-order valence-corrected chi connectivity index (χ0v) is 9.14. The van der Waals surface area contributed by atoms with Crippen molar-refractivity contribution < 1.29 is 0 Å². The number of hydrogen-bond donors (Lipinski definition) is 1. The van der Waals surface area contributed by atoms with Crippen LogP contribution in [0.2, 0.25) is 0 Å². The number of nitrogens with one attached hydrogen (secondary N) is 1. The molecule has 1 N–H and O–H groups in total. The topological polar surface area (TPSA) is 15.3 Å². The Balaban J connectivity index is 1.91. The summed E-state index contributed by atoms with van der Waals surface area (Å²) < 4.78 is 0. The number of hydrogen-bond acceptors (Lipinski definition) is 2. The van der Waals surface area contributed by atoms with Crippen LogP contribution in [0.3, 0.4) is 0 Å². The number of nitrogens with zero attached hydrogens (tertiary/aromatic N) is 1. The van der Waals surface area contributed by atoms with Crippen molar-refractivity contribution >= 4 is 0 Å². The fraction of sp³-hybridized carbons (Fsp3) is 1.00. The Hall–Kier alpha value is -0.0800. The molecule has 2 nitrogen and oxygen atoms in total. The van der Waals surface area contributed by atoms with Gasteiger partial charge in [0.05, 0.1) is 0 Å². The molecule has 2 rings (SSSR count). The van der Waals surface area contributed by atoms with Gasteiger partial charge in [-0.1, -0.05) is 13.8 Å². The molecule has 2 aliphatic rings. The van der Waals surface area contributed by atoms with Crippen LogP contribution in [-0.4, -0.2) is 36.6 Å². The molecule has 2 heteroatoms. The van der Waals surface area contributed by atoms with Crippen molar-refractivity contribution in [1.82, 2.24) is 10.2 Å². The summed E-state index contributed by atoms with van der Waals surface area (Å²) in [6.45, 7) is 10.8. The molecule has 1 saturated carbocycles. The minimum atomic E-state index is 0.601. The van der Waals surface area contributed by atoms with Crippen molar-refractivity contribution in [2.24, 2.45) is 5.41 Å². The Bertz CT molecular complexity index is 189. The van der Waals surface area contributed by atoms with Crippen LogP contribution in [0, 0.1) is 5.41 Å². The summed E-state index contributed by atoms with van der Waals surface area (Å²) in [4.78, 5) is 2.69. The molecule has 0 spiro atoms. The Kier molecular flexibility index (Phi) is 2.37. The van der Waals surface area contributed by atoms with Crippen LogP contribution >= 0.6 is 0 Å². The monoisotopic (exact) mass is 182 g/mol. The van der Waals surface area contributed by atoms with Crippen molar-refractivity contribution in [3.05, 3.63) is 0 Å². The Morgan fingerprint density at radius 1 is 1.38 bits per heavy atom. The Morgan fingerprint density at radius 3 is 2.69 bits per heavy atom. The van der Waals surface area contributed by atoms with Crippen LogP contribution in [-0.2, 0) is 0 Å². The van der Waals surface area contributed by atoms with Gasteiger partial charge in [-0.25, -0.2) is 0 Å². The molecule has 0 aromatic heterocycles. The lowest BCUT2D eigenvalue weighted by Gasteiger charge is -2.23. The third-order valence-corrected chi connectivity index (χ3v) is 3.53. The smallest absolute Gasteiger partial charge is 0.0166 e. The van der Waals surface area contributed by atoms with Crippen LogP contribution in [0.1, 0.15) is 33.6 Å². The largest absolute Gasteiger partial charge is 0.313 e. The van der Waals surface area contributed by atoms with Crippen LogP contribution in [0.25, 0.3) is 0 Å². The summed E-state index contributed by atoms with van der Waals surface area (Å²) in [6, 6.07) is 1.55. The molecule has 13 heavy (non-hydrogen) atoms. The summed E-state index contributed by atoms with van der Waals surface area (Å²) >= 11 is 0. The van der Waals surface area contributed by atoms with E-state index in [1.807, 2.05) is 0 Å². The summed E-state index contributed by atoms with van der Waals surface area (Å²) in [5, 5.41) is 3.54. The van der Waals surface area contributed by atoms with E-state index in [0.717, 1.165) is 6.04 Å². The predicted octanol–water partition coefficient (Wildman–Crippen LogP) is 1.47. The maximum absolute atomic E-state index is 3.54. The summed E-state index contributed by atoms with van der Waals surface area (Å²) in [5.74, 6) is 0. The van der Waals surface area contributed by atoms with Gasteiger partial charge in [-0.15, -0.1) is 0 Å². The second-order valence-electron chi connectivity index (χ2n) is 5.41. The predicted molar refractivity (Wildman–Crippen MR) is 55.8 cm³/mol. The minimum absolute atomic E-state index is 0.601. The summed E-state index contributed by atoms with van der Waals surface area (Å²) in [5.41, 5.74) is 0.601. The quantitative estimate of drug-likeness (QED) is 0.660. The van der Waals surface area contributed by atoms with Crippen molar-refractivity contribution in [1.29, 1.82) is 0 Å². The van der Waals surface area contributed by atoms with E-state index in [2.05, 4.69) is 31.0 Å². The molecule has 1 aliphatic heterocycles. The van der Waals surface area contributed by atoms with Crippen molar-refractivity contribution in [3.8, 4) is 0 Å². The molecular weight excluding hydrogens is 160 g/mol. The maximum Gasteiger partial charge on any atom is 0.0166 e. The van der Waals surface area contributed by atoms with E-state index in [-0.39, 0.29) is 0 Å². The van der Waals surface area contributed by atoms with Crippen LogP contribution in [0.5, 0.6) is 0 Å². The second kappa shape index (κ2) is 3.25. The van der Waals surface area contributed by atoms with Gasteiger partial charge < -0.3 is 5.32 Å². The van der Waals surface area contributed by atoms with E-state index in [9.17, 15) is 0 Å². The average Bonchev–Trinajstić information content (AvgIpc) is 2.70. The highest BCUT2D eigenvalue weighted by molar-refractivity contribution is 5.03. The van der Waals surface area contributed by atoms with Gasteiger partial charge >= 0.3 is 0 Å². The lowest BCUT2D eigenvalue weighted by Crippen LogP contribution is -2.37. The molecule has 1 saturated heterocycles. The first-order valence-corrected chi connectivity index (χ1v) is 5.57. The van der Waals surface area contributed by atoms with E-state index >= 15 is 0 Å². The van der Waals surface area contributed by atoms with Gasteiger partial charge in [0.2, 0.25) is 0 Å². The first kappa shape index (κ1) is 9.47. The maximum atomic E-state index is 3.54. The average molecular weight is 182 g/mol. The molecule has 0 aromatic rings. The van der Waals surface area contributed by atoms with Crippen molar-refractivity contribution in [2.45, 2.75) is 45.7 Å². The highest BCUT2D eigenvalue weighted by atomic mass is 15.2. The van der Waals surface area contributed by atoms with E-state index in [4.69, 9.17) is 0 Å². The number of rotatable bonds is 1. The van der Waals surface area contributed by atoms with Crippen LogP contribution in [0.15, 0.2) is 0 Å². The molecule has 0 aromatic carbocycles. The van der Waals surface area contributed by atoms with Crippen LogP contribution < -0.4 is 5.32 Å². The van der Waals surface area contributed by atoms with E-state index in [1.54, 1.807) is 0 Å². The molecule has 1 heterocycles. The van der Waals surface area contributed by atoms with Crippen LogP contribution in [0.4, 0.5) is 0 Å². The van der Waals surface area contributed by atoms with Gasteiger partial charge in [-0.05, 0) is 38.3 Å². The second-order valence-corrected chi connectivity index (χ2v) is 5.41. The van der Waals surface area contributed by atoms with Gasteiger partial charge in [0.1, 0.15) is 0 Å². The zero-order valence-electron chi connectivity index (χ0n) is 9.14. The molecule has 0 bridgehead atoms. The molecule has 2 atom stereocenters. The first-order valence-electron chi connectivity index (χ1n) is 5.57. The van der Waals surface area contributed by atoms with Gasteiger partial charge in [-0.2, -0.15) is 0 Å². The molecule has 0 amide bonds.